The summed E-state index contributed by atoms with van der Waals surface area (Å²) in [5.41, 5.74) is 0.918. The van der Waals surface area contributed by atoms with E-state index in [1.165, 1.54) is 0 Å². The molecule has 138 valence electrons. The first-order valence-electron chi connectivity index (χ1n) is 8.52. The van der Waals surface area contributed by atoms with Crippen LogP contribution in [0.1, 0.15) is 24.3 Å². The standard InChI is InChI=1S/C19H21O6P/c1-19-14-21-18(16-10-6-3-7-11-16)24-17(19)13-23-26(20,25-19)22-12-15-8-4-2-5-9-15/h2-11,17-18H,12-14H2,1H3/t17-,18+,19-,26?/m1/s1. The van der Waals surface area contributed by atoms with E-state index < -0.39 is 25.8 Å². The summed E-state index contributed by atoms with van der Waals surface area (Å²) in [6.45, 7) is 2.31. The molecule has 0 N–H and O–H groups in total. The van der Waals surface area contributed by atoms with Gasteiger partial charge in [0.05, 0.1) is 19.8 Å². The summed E-state index contributed by atoms with van der Waals surface area (Å²) >= 11 is 0. The summed E-state index contributed by atoms with van der Waals surface area (Å²) in [5, 5.41) is 0. The van der Waals surface area contributed by atoms with Gasteiger partial charge in [0, 0.05) is 5.56 Å². The number of phosphoric acid groups is 1. The minimum atomic E-state index is -3.69. The minimum Gasteiger partial charge on any atom is -0.345 e. The maximum Gasteiger partial charge on any atom is 0.475 e. The number of hydrogen-bond acceptors (Lipinski definition) is 6. The molecule has 2 aliphatic rings. The molecule has 0 spiro atoms. The Morgan fingerprint density at radius 2 is 1.81 bits per heavy atom. The zero-order chi connectivity index (χ0) is 18.0. The van der Waals surface area contributed by atoms with Crippen molar-refractivity contribution in [3.8, 4) is 0 Å². The van der Waals surface area contributed by atoms with Crippen LogP contribution < -0.4 is 0 Å². The third-order valence-corrected chi connectivity index (χ3v) is 6.05. The Bertz CT molecular complexity index is 783. The molecule has 0 saturated carbocycles. The number of ether oxygens (including phenoxy) is 2. The van der Waals surface area contributed by atoms with Crippen LogP contribution in [0.15, 0.2) is 60.7 Å². The molecule has 2 saturated heterocycles. The van der Waals surface area contributed by atoms with Gasteiger partial charge in [-0.3, -0.25) is 13.6 Å². The molecule has 1 unspecified atom stereocenters. The highest BCUT2D eigenvalue weighted by Gasteiger charge is 2.53. The van der Waals surface area contributed by atoms with Gasteiger partial charge in [-0.1, -0.05) is 60.7 Å². The Morgan fingerprint density at radius 1 is 1.12 bits per heavy atom. The molecule has 2 aliphatic heterocycles. The second-order valence-corrected chi connectivity index (χ2v) is 8.18. The zero-order valence-electron chi connectivity index (χ0n) is 14.4. The first-order chi connectivity index (χ1) is 12.6. The molecule has 0 amide bonds. The Kier molecular flexibility index (Phi) is 4.97. The fourth-order valence-electron chi connectivity index (χ4n) is 2.98. The highest BCUT2D eigenvalue weighted by molar-refractivity contribution is 7.48. The predicted octanol–water partition coefficient (Wildman–Crippen LogP) is 4.23. The molecule has 2 aromatic rings. The lowest BCUT2D eigenvalue weighted by Gasteiger charge is -2.47. The predicted molar refractivity (Wildman–Crippen MR) is 94.3 cm³/mol. The number of benzene rings is 2. The molecule has 7 heteroatoms. The van der Waals surface area contributed by atoms with E-state index in [1.54, 1.807) is 6.92 Å². The average molecular weight is 376 g/mol. The van der Waals surface area contributed by atoms with Gasteiger partial charge in [0.25, 0.3) is 0 Å². The molecule has 0 aromatic heterocycles. The van der Waals surface area contributed by atoms with Crippen LogP contribution in [0.4, 0.5) is 0 Å². The summed E-state index contributed by atoms with van der Waals surface area (Å²) in [6, 6.07) is 19.1. The Morgan fingerprint density at radius 3 is 2.54 bits per heavy atom. The topological polar surface area (TPSA) is 63.2 Å². The number of hydrogen-bond donors (Lipinski definition) is 0. The molecule has 0 radical (unpaired) electrons. The Hall–Kier alpha value is -1.53. The van der Waals surface area contributed by atoms with Crippen molar-refractivity contribution in [1.82, 2.24) is 0 Å². The number of rotatable bonds is 4. The van der Waals surface area contributed by atoms with Gasteiger partial charge in [0.15, 0.2) is 6.29 Å². The maximum absolute atomic E-state index is 12.8. The van der Waals surface area contributed by atoms with Gasteiger partial charge >= 0.3 is 7.82 Å². The van der Waals surface area contributed by atoms with Crippen LogP contribution in [0.5, 0.6) is 0 Å². The van der Waals surface area contributed by atoms with E-state index >= 15 is 0 Å². The lowest BCUT2D eigenvalue weighted by Crippen LogP contribution is -2.56. The molecule has 26 heavy (non-hydrogen) atoms. The van der Waals surface area contributed by atoms with Crippen molar-refractivity contribution >= 4 is 7.82 Å². The second kappa shape index (κ2) is 7.24. The summed E-state index contributed by atoms with van der Waals surface area (Å²) in [5.74, 6) is 0. The van der Waals surface area contributed by atoms with Crippen LogP contribution in [0.3, 0.4) is 0 Å². The monoisotopic (exact) mass is 376 g/mol. The van der Waals surface area contributed by atoms with E-state index in [2.05, 4.69) is 0 Å². The van der Waals surface area contributed by atoms with E-state index in [-0.39, 0.29) is 19.8 Å². The summed E-state index contributed by atoms with van der Waals surface area (Å²) in [6.07, 6.45) is -0.895. The fourth-order valence-corrected chi connectivity index (χ4v) is 4.47. The average Bonchev–Trinajstić information content (AvgIpc) is 2.67. The molecule has 2 fully saturated rings. The zero-order valence-corrected chi connectivity index (χ0v) is 15.3. The third-order valence-electron chi connectivity index (χ3n) is 4.50. The van der Waals surface area contributed by atoms with E-state index in [0.29, 0.717) is 0 Å². The van der Waals surface area contributed by atoms with Crippen molar-refractivity contribution in [2.75, 3.05) is 13.2 Å². The van der Waals surface area contributed by atoms with Crippen LogP contribution >= 0.6 is 7.82 Å². The van der Waals surface area contributed by atoms with Gasteiger partial charge in [-0.25, -0.2) is 4.57 Å². The van der Waals surface area contributed by atoms with Gasteiger partial charge in [-0.05, 0) is 12.5 Å². The van der Waals surface area contributed by atoms with Crippen molar-refractivity contribution in [3.63, 3.8) is 0 Å². The van der Waals surface area contributed by atoms with Crippen molar-refractivity contribution in [2.24, 2.45) is 0 Å². The van der Waals surface area contributed by atoms with Gasteiger partial charge < -0.3 is 9.47 Å². The number of fused-ring (bicyclic) bond motifs is 1. The second-order valence-electron chi connectivity index (χ2n) is 6.58. The van der Waals surface area contributed by atoms with Crippen LogP contribution in [0.25, 0.3) is 0 Å². The van der Waals surface area contributed by atoms with Crippen LogP contribution in [0, 0.1) is 0 Å². The molecular formula is C19H21O6P. The lowest BCUT2D eigenvalue weighted by atomic mass is 9.99. The molecule has 0 bridgehead atoms. The largest absolute Gasteiger partial charge is 0.475 e. The molecule has 2 aromatic carbocycles. The molecule has 6 nitrogen and oxygen atoms in total. The van der Waals surface area contributed by atoms with E-state index in [0.717, 1.165) is 11.1 Å². The Balaban J connectivity index is 1.41. The quantitative estimate of drug-likeness (QED) is 0.744. The molecule has 4 atom stereocenters. The van der Waals surface area contributed by atoms with Gasteiger partial charge in [0.1, 0.15) is 11.7 Å². The fraction of sp³-hybridized carbons (Fsp3) is 0.368. The van der Waals surface area contributed by atoms with Gasteiger partial charge in [-0.15, -0.1) is 0 Å². The molecule has 2 heterocycles. The van der Waals surface area contributed by atoms with Gasteiger partial charge in [0.2, 0.25) is 0 Å². The van der Waals surface area contributed by atoms with Crippen molar-refractivity contribution in [3.05, 3.63) is 71.8 Å². The Labute approximate surface area is 152 Å². The van der Waals surface area contributed by atoms with Crippen molar-refractivity contribution in [2.45, 2.75) is 31.5 Å². The minimum absolute atomic E-state index is 0.120. The smallest absolute Gasteiger partial charge is 0.345 e. The summed E-state index contributed by atoms with van der Waals surface area (Å²) in [7, 11) is -3.69. The van der Waals surface area contributed by atoms with Gasteiger partial charge in [-0.2, -0.15) is 0 Å². The SMILES string of the molecule is C[C@@]12CO[C@H](c3ccccc3)O[C@@H]1COP(=O)(OCc1ccccc1)O2. The summed E-state index contributed by atoms with van der Waals surface area (Å²) < 4.78 is 41.3. The first kappa shape index (κ1) is 17.9. The van der Waals surface area contributed by atoms with Crippen LogP contribution in [-0.4, -0.2) is 24.9 Å². The van der Waals surface area contributed by atoms with E-state index in [4.69, 9.17) is 23.0 Å². The lowest BCUT2D eigenvalue weighted by molar-refractivity contribution is -0.300. The summed E-state index contributed by atoms with van der Waals surface area (Å²) in [4.78, 5) is 0. The highest BCUT2D eigenvalue weighted by Crippen LogP contribution is 2.58. The molecule has 0 aliphatic carbocycles. The van der Waals surface area contributed by atoms with E-state index in [9.17, 15) is 4.57 Å². The molecule has 4 rings (SSSR count). The normalized spacial score (nSPS) is 34.2. The first-order valence-corrected chi connectivity index (χ1v) is 9.98. The van der Waals surface area contributed by atoms with E-state index in [1.807, 2.05) is 60.7 Å². The van der Waals surface area contributed by atoms with Crippen LogP contribution in [0.2, 0.25) is 0 Å². The van der Waals surface area contributed by atoms with Crippen LogP contribution in [-0.2, 0) is 34.2 Å². The highest BCUT2D eigenvalue weighted by atomic mass is 31.2. The third kappa shape index (κ3) is 3.76. The maximum atomic E-state index is 12.8. The number of phosphoric ester groups is 1. The molecular weight excluding hydrogens is 355 g/mol. The van der Waals surface area contributed by atoms with Crippen molar-refractivity contribution < 1.29 is 27.6 Å². The van der Waals surface area contributed by atoms with Crippen molar-refractivity contribution in [1.29, 1.82) is 0 Å².